The number of halogens is 1. The number of ether oxygens (including phenoxy) is 1. The highest BCUT2D eigenvalue weighted by molar-refractivity contribution is 7.84. The monoisotopic (exact) mass is 310 g/mol. The Labute approximate surface area is 121 Å². The molecule has 0 spiro atoms. The highest BCUT2D eigenvalue weighted by atomic mass is 32.2. The van der Waals surface area contributed by atoms with Gasteiger partial charge in [-0.2, -0.15) is 0 Å². The second-order valence-corrected chi connectivity index (χ2v) is 6.06. The minimum Gasteiger partial charge on any atom is -0.489 e. The molecule has 110 valence electrons. The summed E-state index contributed by atoms with van der Waals surface area (Å²) in [6.07, 6.45) is 0.117. The van der Waals surface area contributed by atoms with Crippen LogP contribution in [0.5, 0.6) is 5.75 Å². The molecule has 0 amide bonds. The molecule has 2 unspecified atom stereocenters. The maximum absolute atomic E-state index is 13.1. The summed E-state index contributed by atoms with van der Waals surface area (Å²) in [7, 11) is -1.51. The number of carboxylic acid groups (broad SMARTS) is 1. The quantitative estimate of drug-likeness (QED) is 0.937. The third kappa shape index (κ3) is 2.82. The molecule has 0 radical (unpaired) electrons. The number of aromatic carboxylic acids is 1. The highest BCUT2D eigenvalue weighted by Gasteiger charge is 2.26. The van der Waals surface area contributed by atoms with E-state index in [0.717, 1.165) is 5.56 Å². The van der Waals surface area contributed by atoms with Crippen LogP contribution in [-0.2, 0) is 17.2 Å². The standard InChI is InChI=1S/C14H11FO5S/c15-9-1-2-11-8(5-9)6-10(19-11)7-21(18)13-4-3-12(20-13)14(16)17/h1-5,10H,6-7H2,(H,16,17). The van der Waals surface area contributed by atoms with E-state index in [1.165, 1.54) is 24.3 Å². The van der Waals surface area contributed by atoms with Gasteiger partial charge in [-0.3, -0.25) is 4.21 Å². The van der Waals surface area contributed by atoms with Gasteiger partial charge in [0.05, 0.1) is 16.6 Å². The number of furan rings is 1. The molecular formula is C14H11FO5S. The summed E-state index contributed by atoms with van der Waals surface area (Å²) < 4.78 is 35.8. The summed E-state index contributed by atoms with van der Waals surface area (Å²) in [5.41, 5.74) is 0.739. The zero-order valence-corrected chi connectivity index (χ0v) is 11.6. The Kier molecular flexibility index (Phi) is 3.50. The SMILES string of the molecule is O=C(O)c1ccc(S(=O)CC2Cc3cc(F)ccc3O2)o1. The van der Waals surface area contributed by atoms with Gasteiger partial charge in [-0.25, -0.2) is 9.18 Å². The fourth-order valence-electron chi connectivity index (χ4n) is 2.19. The van der Waals surface area contributed by atoms with Crippen LogP contribution in [0, 0.1) is 5.82 Å². The van der Waals surface area contributed by atoms with Crippen molar-refractivity contribution in [1.82, 2.24) is 0 Å². The maximum Gasteiger partial charge on any atom is 0.371 e. The number of carbonyl (C=O) groups is 1. The smallest absolute Gasteiger partial charge is 0.371 e. The van der Waals surface area contributed by atoms with Crippen LogP contribution in [0.4, 0.5) is 4.39 Å². The molecule has 1 aromatic carbocycles. The van der Waals surface area contributed by atoms with E-state index in [2.05, 4.69) is 0 Å². The highest BCUT2D eigenvalue weighted by Crippen LogP contribution is 2.30. The van der Waals surface area contributed by atoms with Crippen LogP contribution in [-0.4, -0.2) is 27.1 Å². The van der Waals surface area contributed by atoms with Gasteiger partial charge in [0.25, 0.3) is 0 Å². The Morgan fingerprint density at radius 1 is 1.38 bits per heavy atom. The molecule has 5 nitrogen and oxygen atoms in total. The van der Waals surface area contributed by atoms with Crippen molar-refractivity contribution in [3.63, 3.8) is 0 Å². The van der Waals surface area contributed by atoms with E-state index in [9.17, 15) is 13.4 Å². The van der Waals surface area contributed by atoms with Gasteiger partial charge in [-0.05, 0) is 30.3 Å². The fraction of sp³-hybridized carbons (Fsp3) is 0.214. The lowest BCUT2D eigenvalue weighted by atomic mass is 10.1. The van der Waals surface area contributed by atoms with Crippen molar-refractivity contribution >= 4 is 16.8 Å². The van der Waals surface area contributed by atoms with Gasteiger partial charge in [0.1, 0.15) is 17.7 Å². The first kappa shape index (κ1) is 13.8. The molecule has 0 bridgehead atoms. The van der Waals surface area contributed by atoms with Crippen molar-refractivity contribution in [3.05, 3.63) is 47.5 Å². The maximum atomic E-state index is 13.1. The van der Waals surface area contributed by atoms with Gasteiger partial charge in [0.15, 0.2) is 5.09 Å². The van der Waals surface area contributed by atoms with Crippen molar-refractivity contribution in [3.8, 4) is 5.75 Å². The molecule has 3 rings (SSSR count). The Balaban J connectivity index is 1.68. The van der Waals surface area contributed by atoms with E-state index in [1.807, 2.05) is 0 Å². The van der Waals surface area contributed by atoms with E-state index in [4.69, 9.17) is 14.3 Å². The zero-order valence-electron chi connectivity index (χ0n) is 10.7. The van der Waals surface area contributed by atoms with Crippen LogP contribution < -0.4 is 4.74 Å². The molecule has 1 aliphatic heterocycles. The first-order valence-corrected chi connectivity index (χ1v) is 7.51. The molecule has 1 aromatic heterocycles. The molecule has 2 atom stereocenters. The molecule has 0 fully saturated rings. The van der Waals surface area contributed by atoms with Gasteiger partial charge in [-0.1, -0.05) is 0 Å². The lowest BCUT2D eigenvalue weighted by Crippen LogP contribution is -2.21. The van der Waals surface area contributed by atoms with Crippen molar-refractivity contribution < 1.29 is 27.7 Å². The van der Waals surface area contributed by atoms with Crippen LogP contribution in [0.1, 0.15) is 16.1 Å². The number of rotatable bonds is 4. The molecule has 0 aliphatic carbocycles. The molecule has 0 saturated carbocycles. The summed E-state index contributed by atoms with van der Waals surface area (Å²) in [5, 5.41) is 8.85. The molecule has 1 N–H and O–H groups in total. The van der Waals surface area contributed by atoms with E-state index in [1.54, 1.807) is 6.07 Å². The minimum atomic E-state index is -1.51. The number of hydrogen-bond donors (Lipinski definition) is 1. The fourth-order valence-corrected chi connectivity index (χ4v) is 3.28. The summed E-state index contributed by atoms with van der Waals surface area (Å²) >= 11 is 0. The van der Waals surface area contributed by atoms with Gasteiger partial charge < -0.3 is 14.3 Å². The molecule has 21 heavy (non-hydrogen) atoms. The van der Waals surface area contributed by atoms with Crippen molar-refractivity contribution in [2.75, 3.05) is 5.75 Å². The summed E-state index contributed by atoms with van der Waals surface area (Å²) in [4.78, 5) is 10.7. The first-order chi connectivity index (χ1) is 10.0. The Morgan fingerprint density at radius 3 is 2.90 bits per heavy atom. The van der Waals surface area contributed by atoms with Crippen LogP contribution in [0.25, 0.3) is 0 Å². The third-order valence-electron chi connectivity index (χ3n) is 3.12. The first-order valence-electron chi connectivity index (χ1n) is 6.19. The van der Waals surface area contributed by atoms with E-state index in [-0.39, 0.29) is 28.5 Å². The van der Waals surface area contributed by atoms with Crippen molar-refractivity contribution in [2.24, 2.45) is 0 Å². The van der Waals surface area contributed by atoms with Gasteiger partial charge in [-0.15, -0.1) is 0 Å². The second kappa shape index (κ2) is 5.33. The largest absolute Gasteiger partial charge is 0.489 e. The summed E-state index contributed by atoms with van der Waals surface area (Å²) in [5.74, 6) is -1.06. The van der Waals surface area contributed by atoms with Gasteiger partial charge >= 0.3 is 5.97 Å². The van der Waals surface area contributed by atoms with Crippen LogP contribution in [0.2, 0.25) is 0 Å². The molecule has 0 saturated heterocycles. The molecule has 7 heteroatoms. The normalized spacial score (nSPS) is 18.0. The topological polar surface area (TPSA) is 76.7 Å². The summed E-state index contributed by atoms with van der Waals surface area (Å²) in [6.45, 7) is 0. The van der Waals surface area contributed by atoms with Crippen molar-refractivity contribution in [2.45, 2.75) is 17.6 Å². The Bertz CT molecular complexity index is 724. The predicted octanol–water partition coefficient (Wildman–Crippen LogP) is 2.23. The van der Waals surface area contributed by atoms with Crippen LogP contribution in [0.3, 0.4) is 0 Å². The van der Waals surface area contributed by atoms with E-state index >= 15 is 0 Å². The Morgan fingerprint density at radius 2 is 2.19 bits per heavy atom. The number of benzene rings is 1. The van der Waals surface area contributed by atoms with Crippen LogP contribution >= 0.6 is 0 Å². The molecule has 2 heterocycles. The predicted molar refractivity (Wildman–Crippen MR) is 71.5 cm³/mol. The average molecular weight is 310 g/mol. The average Bonchev–Trinajstić information content (AvgIpc) is 3.03. The molecule has 2 aromatic rings. The van der Waals surface area contributed by atoms with Gasteiger partial charge in [0.2, 0.25) is 5.76 Å². The zero-order chi connectivity index (χ0) is 15.0. The Hall–Kier alpha value is -2.15. The van der Waals surface area contributed by atoms with E-state index < -0.39 is 16.8 Å². The van der Waals surface area contributed by atoms with Gasteiger partial charge in [0, 0.05) is 12.0 Å². The lowest BCUT2D eigenvalue weighted by Gasteiger charge is -2.08. The molecular weight excluding hydrogens is 299 g/mol. The summed E-state index contributed by atoms with van der Waals surface area (Å²) in [6, 6.07) is 6.89. The number of fused-ring (bicyclic) bond motifs is 1. The number of hydrogen-bond acceptors (Lipinski definition) is 4. The third-order valence-corrected chi connectivity index (χ3v) is 4.46. The van der Waals surface area contributed by atoms with Crippen molar-refractivity contribution in [1.29, 1.82) is 0 Å². The lowest BCUT2D eigenvalue weighted by molar-refractivity contribution is 0.0656. The number of carboxylic acids is 1. The molecule has 1 aliphatic rings. The second-order valence-electron chi connectivity index (χ2n) is 4.63. The minimum absolute atomic E-state index is 0.0955. The van der Waals surface area contributed by atoms with Crippen LogP contribution in [0.15, 0.2) is 39.8 Å². The van der Waals surface area contributed by atoms with E-state index in [0.29, 0.717) is 12.2 Å².